The zero-order valence-electron chi connectivity index (χ0n) is 23.0. The van der Waals surface area contributed by atoms with Crippen molar-refractivity contribution in [1.29, 1.82) is 0 Å². The number of hydrogen-bond donors (Lipinski definition) is 0. The molecule has 0 radical (unpaired) electrons. The first-order chi connectivity index (χ1) is 17.6. The Bertz CT molecular complexity index is 1110. The quantitative estimate of drug-likeness (QED) is 0.502. The number of aromatic nitrogens is 2. The van der Waals surface area contributed by atoms with Gasteiger partial charge in [-0.3, -0.25) is 9.58 Å². The monoisotopic (exact) mass is 512 g/mol. The van der Waals surface area contributed by atoms with Gasteiger partial charge in [-0.25, -0.2) is 9.59 Å². The summed E-state index contributed by atoms with van der Waals surface area (Å²) in [5.74, 6) is 0.819. The number of ether oxygens (including phenoxy) is 3. The zero-order valence-corrected chi connectivity index (χ0v) is 23.0. The lowest BCUT2D eigenvalue weighted by Gasteiger charge is -2.35. The van der Waals surface area contributed by atoms with Crippen molar-refractivity contribution in [3.05, 3.63) is 30.1 Å². The molecule has 1 fully saturated rings. The Morgan fingerprint density at radius 2 is 1.84 bits per heavy atom. The van der Waals surface area contributed by atoms with E-state index in [0.717, 1.165) is 60.2 Å². The Labute approximate surface area is 219 Å². The molecule has 1 atom stereocenters. The molecule has 0 saturated carbocycles. The van der Waals surface area contributed by atoms with E-state index in [4.69, 9.17) is 14.2 Å². The van der Waals surface area contributed by atoms with Crippen LogP contribution in [0.25, 0.3) is 11.1 Å². The molecular weight excluding hydrogens is 472 g/mol. The molecule has 2 amide bonds. The smallest absolute Gasteiger partial charge is 0.414 e. The zero-order chi connectivity index (χ0) is 26.7. The number of benzene rings is 1. The Kier molecular flexibility index (Phi) is 7.99. The molecule has 1 saturated heterocycles. The molecule has 0 spiro atoms. The highest BCUT2D eigenvalue weighted by atomic mass is 16.6. The number of hydrogen-bond acceptors (Lipinski definition) is 6. The van der Waals surface area contributed by atoms with Gasteiger partial charge in [-0.15, -0.1) is 0 Å². The SMILES string of the molecule is CCCOc1c(-c2cnn(C3CCN(C(=O)OC(C)(C)C)CC3)c2)ccc2c1CCC(C)N2C(=O)OC. The van der Waals surface area contributed by atoms with E-state index in [1.54, 1.807) is 9.80 Å². The van der Waals surface area contributed by atoms with Gasteiger partial charge in [-0.2, -0.15) is 5.10 Å². The molecule has 2 aromatic rings. The first-order valence-electron chi connectivity index (χ1n) is 13.3. The third-order valence-corrected chi connectivity index (χ3v) is 6.97. The number of likely N-dealkylation sites (tertiary alicyclic amines) is 1. The van der Waals surface area contributed by atoms with Gasteiger partial charge in [-0.1, -0.05) is 6.92 Å². The molecule has 2 aliphatic heterocycles. The fraction of sp³-hybridized carbons (Fsp3) is 0.607. The second-order valence-corrected chi connectivity index (χ2v) is 10.9. The van der Waals surface area contributed by atoms with Crippen molar-refractivity contribution in [3.63, 3.8) is 0 Å². The number of rotatable bonds is 5. The van der Waals surface area contributed by atoms with Gasteiger partial charge >= 0.3 is 12.2 Å². The summed E-state index contributed by atoms with van der Waals surface area (Å²) in [6, 6.07) is 4.27. The highest BCUT2D eigenvalue weighted by Crippen LogP contribution is 2.43. The molecule has 37 heavy (non-hydrogen) atoms. The van der Waals surface area contributed by atoms with Crippen molar-refractivity contribution in [3.8, 4) is 16.9 Å². The third kappa shape index (κ3) is 5.86. The Morgan fingerprint density at radius 1 is 1.11 bits per heavy atom. The fourth-order valence-corrected chi connectivity index (χ4v) is 5.09. The van der Waals surface area contributed by atoms with E-state index in [9.17, 15) is 9.59 Å². The second-order valence-electron chi connectivity index (χ2n) is 10.9. The molecule has 1 aromatic carbocycles. The van der Waals surface area contributed by atoms with Gasteiger partial charge in [0, 0.05) is 42.0 Å². The van der Waals surface area contributed by atoms with Crippen LogP contribution in [0.2, 0.25) is 0 Å². The Morgan fingerprint density at radius 3 is 2.49 bits per heavy atom. The van der Waals surface area contributed by atoms with Gasteiger partial charge in [-0.05, 0) is 71.9 Å². The first-order valence-corrected chi connectivity index (χ1v) is 13.3. The maximum atomic E-state index is 12.5. The van der Waals surface area contributed by atoms with Crippen LogP contribution in [-0.4, -0.2) is 65.3 Å². The van der Waals surface area contributed by atoms with E-state index in [1.807, 2.05) is 50.7 Å². The number of amides is 2. The number of piperidine rings is 1. The minimum Gasteiger partial charge on any atom is -0.493 e. The van der Waals surface area contributed by atoms with E-state index >= 15 is 0 Å². The fourth-order valence-electron chi connectivity index (χ4n) is 5.09. The van der Waals surface area contributed by atoms with Crippen molar-refractivity contribution < 1.29 is 23.8 Å². The van der Waals surface area contributed by atoms with Gasteiger partial charge in [0.2, 0.25) is 0 Å². The van der Waals surface area contributed by atoms with Gasteiger partial charge in [0.1, 0.15) is 11.4 Å². The second kappa shape index (κ2) is 11.0. The molecule has 1 aromatic heterocycles. The van der Waals surface area contributed by atoms with E-state index in [1.165, 1.54) is 7.11 Å². The molecule has 202 valence electrons. The molecule has 0 bridgehead atoms. The van der Waals surface area contributed by atoms with Crippen LogP contribution >= 0.6 is 0 Å². The van der Waals surface area contributed by atoms with Crippen molar-refractivity contribution in [2.45, 2.75) is 84.4 Å². The lowest BCUT2D eigenvalue weighted by molar-refractivity contribution is 0.0184. The number of carbonyl (C=O) groups excluding carboxylic acids is 2. The van der Waals surface area contributed by atoms with Gasteiger partial charge in [0.15, 0.2) is 0 Å². The van der Waals surface area contributed by atoms with Crippen LogP contribution in [0.15, 0.2) is 24.5 Å². The predicted octanol–water partition coefficient (Wildman–Crippen LogP) is 5.82. The predicted molar refractivity (Wildman–Crippen MR) is 142 cm³/mol. The highest BCUT2D eigenvalue weighted by molar-refractivity contribution is 5.92. The molecule has 3 heterocycles. The van der Waals surface area contributed by atoms with Crippen LogP contribution in [0.3, 0.4) is 0 Å². The van der Waals surface area contributed by atoms with Gasteiger partial charge in [0.25, 0.3) is 0 Å². The van der Waals surface area contributed by atoms with Gasteiger partial charge < -0.3 is 19.1 Å². The highest BCUT2D eigenvalue weighted by Gasteiger charge is 2.33. The van der Waals surface area contributed by atoms with E-state index < -0.39 is 5.60 Å². The standard InChI is InChI=1S/C28H40N4O5/c1-7-16-36-25-22(10-11-24-23(25)9-8-19(2)32(24)27(34)35-6)20-17-29-31(18-20)21-12-14-30(15-13-21)26(33)37-28(3,4)5/h10-11,17-19,21H,7-9,12-16H2,1-6H3. The van der Waals surface area contributed by atoms with E-state index in [0.29, 0.717) is 19.7 Å². The van der Waals surface area contributed by atoms with Crippen LogP contribution in [-0.2, 0) is 15.9 Å². The summed E-state index contributed by atoms with van der Waals surface area (Å²) < 4.78 is 18.9. The summed E-state index contributed by atoms with van der Waals surface area (Å²) in [5, 5.41) is 4.69. The number of methoxy groups -OCH3 is 1. The van der Waals surface area contributed by atoms with E-state index in [2.05, 4.69) is 18.2 Å². The average Bonchev–Trinajstić information content (AvgIpc) is 3.35. The normalized spacial score (nSPS) is 18.4. The summed E-state index contributed by atoms with van der Waals surface area (Å²) in [4.78, 5) is 28.5. The van der Waals surface area contributed by atoms with Crippen LogP contribution in [0.4, 0.5) is 15.3 Å². The summed E-state index contributed by atoms with van der Waals surface area (Å²) in [5.41, 5.74) is 3.34. The van der Waals surface area contributed by atoms with E-state index in [-0.39, 0.29) is 24.3 Å². The maximum Gasteiger partial charge on any atom is 0.414 e. The number of fused-ring (bicyclic) bond motifs is 1. The minimum atomic E-state index is -0.497. The molecule has 1 unspecified atom stereocenters. The topological polar surface area (TPSA) is 86.1 Å². The molecule has 9 nitrogen and oxygen atoms in total. The molecule has 0 N–H and O–H groups in total. The molecule has 9 heteroatoms. The Balaban J connectivity index is 1.56. The van der Waals surface area contributed by atoms with Crippen molar-refractivity contribution in [2.24, 2.45) is 0 Å². The maximum absolute atomic E-state index is 12.5. The van der Waals surface area contributed by atoms with Gasteiger partial charge in [0.05, 0.1) is 31.6 Å². The number of carbonyl (C=O) groups is 2. The van der Waals surface area contributed by atoms with Crippen molar-refractivity contribution in [2.75, 3.05) is 31.7 Å². The largest absolute Gasteiger partial charge is 0.493 e. The summed E-state index contributed by atoms with van der Waals surface area (Å²) >= 11 is 0. The van der Waals surface area contributed by atoms with Crippen LogP contribution in [0.5, 0.6) is 5.75 Å². The lowest BCUT2D eigenvalue weighted by Crippen LogP contribution is -2.42. The Hall–Kier alpha value is -3.23. The number of anilines is 1. The third-order valence-electron chi connectivity index (χ3n) is 6.97. The summed E-state index contributed by atoms with van der Waals surface area (Å²) in [7, 11) is 1.42. The summed E-state index contributed by atoms with van der Waals surface area (Å²) in [6.45, 7) is 11.6. The first kappa shape index (κ1) is 26.8. The molecule has 0 aliphatic carbocycles. The van der Waals surface area contributed by atoms with Crippen molar-refractivity contribution in [1.82, 2.24) is 14.7 Å². The minimum absolute atomic E-state index is 0.0547. The van der Waals surface area contributed by atoms with Crippen molar-refractivity contribution >= 4 is 17.9 Å². The molecular formula is C28H40N4O5. The lowest BCUT2D eigenvalue weighted by atomic mass is 9.92. The number of nitrogens with zero attached hydrogens (tertiary/aromatic N) is 4. The van der Waals surface area contributed by atoms with Crippen LogP contribution in [0, 0.1) is 0 Å². The van der Waals surface area contributed by atoms with Crippen LogP contribution < -0.4 is 9.64 Å². The molecule has 4 rings (SSSR count). The average molecular weight is 513 g/mol. The summed E-state index contributed by atoms with van der Waals surface area (Å²) in [6.07, 6.45) is 7.52. The molecule has 2 aliphatic rings. The van der Waals surface area contributed by atoms with Crippen LogP contribution in [0.1, 0.15) is 71.9 Å².